The Morgan fingerprint density at radius 2 is 1.88 bits per heavy atom. The van der Waals surface area contributed by atoms with Gasteiger partial charge in [0.2, 0.25) is 0 Å². The summed E-state index contributed by atoms with van der Waals surface area (Å²) < 4.78 is 0. The highest BCUT2D eigenvalue weighted by atomic mass is 16.3. The molecule has 8 atom stereocenters. The molecule has 0 spiro atoms. The number of ketones is 2. The molecule has 4 aliphatic rings. The van der Waals surface area contributed by atoms with Crippen LogP contribution in [0.25, 0.3) is 0 Å². The normalized spacial score (nSPS) is 52.2. The smallest absolute Gasteiger partial charge is 0.139 e. The Labute approximate surface area is 151 Å². The van der Waals surface area contributed by atoms with Gasteiger partial charge in [-0.25, -0.2) is 0 Å². The molecule has 25 heavy (non-hydrogen) atoms. The molecule has 140 valence electrons. The van der Waals surface area contributed by atoms with Crippen LogP contribution in [0.2, 0.25) is 0 Å². The van der Waals surface area contributed by atoms with E-state index in [1.54, 1.807) is 6.92 Å². The summed E-state index contributed by atoms with van der Waals surface area (Å²) in [7, 11) is 0. The average molecular weight is 347 g/mol. The zero-order valence-corrected chi connectivity index (χ0v) is 16.1. The van der Waals surface area contributed by atoms with Crippen molar-refractivity contribution in [3.8, 4) is 0 Å². The first-order chi connectivity index (χ1) is 11.8. The van der Waals surface area contributed by atoms with Crippen molar-refractivity contribution in [2.75, 3.05) is 0 Å². The molecule has 1 unspecified atom stereocenters. The monoisotopic (exact) mass is 346 g/mol. The highest BCUT2D eigenvalue weighted by Crippen LogP contribution is 2.67. The molecule has 0 aliphatic heterocycles. The van der Waals surface area contributed by atoms with Crippen LogP contribution in [0.3, 0.4) is 0 Å². The summed E-state index contributed by atoms with van der Waals surface area (Å²) in [4.78, 5) is 24.5. The lowest BCUT2D eigenvalue weighted by Gasteiger charge is -2.62. The second-order valence-electron chi connectivity index (χ2n) is 10.2. The van der Waals surface area contributed by atoms with E-state index in [9.17, 15) is 14.7 Å². The minimum atomic E-state index is -0.235. The summed E-state index contributed by atoms with van der Waals surface area (Å²) in [5.41, 5.74) is 0.0927. The van der Waals surface area contributed by atoms with Gasteiger partial charge in [-0.15, -0.1) is 0 Å². The van der Waals surface area contributed by atoms with Crippen molar-refractivity contribution in [2.24, 2.45) is 40.4 Å². The number of Topliss-reactive ketones (excluding diaryl/α,β-unsaturated/α-hetero) is 2. The largest absolute Gasteiger partial charge is 0.393 e. The summed E-state index contributed by atoms with van der Waals surface area (Å²) in [5.74, 6) is 3.46. The van der Waals surface area contributed by atoms with Crippen molar-refractivity contribution >= 4 is 11.6 Å². The second kappa shape index (κ2) is 5.90. The summed E-state index contributed by atoms with van der Waals surface area (Å²) >= 11 is 0. The number of rotatable bonds is 2. The molecule has 0 radical (unpaired) electrons. The van der Waals surface area contributed by atoms with E-state index in [0.29, 0.717) is 41.8 Å². The molecule has 0 bridgehead atoms. The van der Waals surface area contributed by atoms with Gasteiger partial charge in [-0.3, -0.25) is 4.79 Å². The van der Waals surface area contributed by atoms with Gasteiger partial charge in [0.05, 0.1) is 6.10 Å². The molecule has 4 rings (SSSR count). The van der Waals surface area contributed by atoms with Crippen molar-refractivity contribution in [3.05, 3.63) is 0 Å². The highest BCUT2D eigenvalue weighted by molar-refractivity contribution is 5.87. The maximum absolute atomic E-state index is 12.5. The third-order valence-corrected chi connectivity index (χ3v) is 9.20. The summed E-state index contributed by atoms with van der Waals surface area (Å²) in [5, 5.41) is 10.4. The second-order valence-corrected chi connectivity index (χ2v) is 10.2. The number of aliphatic hydroxyl groups excluding tert-OH is 1. The first-order valence-corrected chi connectivity index (χ1v) is 10.5. The number of carbonyl (C=O) groups excluding carboxylic acids is 2. The van der Waals surface area contributed by atoms with Crippen molar-refractivity contribution in [2.45, 2.75) is 84.7 Å². The fraction of sp³-hybridized carbons (Fsp3) is 0.909. The van der Waals surface area contributed by atoms with Gasteiger partial charge in [0.15, 0.2) is 0 Å². The van der Waals surface area contributed by atoms with E-state index in [4.69, 9.17) is 0 Å². The Kier molecular flexibility index (Phi) is 4.18. The van der Waals surface area contributed by atoms with Gasteiger partial charge >= 0.3 is 0 Å². The molecule has 3 nitrogen and oxygen atoms in total. The zero-order valence-electron chi connectivity index (χ0n) is 16.1. The van der Waals surface area contributed by atoms with Crippen LogP contribution < -0.4 is 0 Å². The van der Waals surface area contributed by atoms with Gasteiger partial charge in [-0.1, -0.05) is 13.8 Å². The van der Waals surface area contributed by atoms with Crippen LogP contribution in [0.1, 0.15) is 78.6 Å². The fourth-order valence-corrected chi connectivity index (χ4v) is 7.91. The molecule has 1 N–H and O–H groups in total. The van der Waals surface area contributed by atoms with Gasteiger partial charge in [0.1, 0.15) is 11.6 Å². The maximum Gasteiger partial charge on any atom is 0.139 e. The molecule has 3 heteroatoms. The lowest BCUT2D eigenvalue weighted by atomic mass is 9.42. The molecule has 0 amide bonds. The highest BCUT2D eigenvalue weighted by Gasteiger charge is 2.62. The van der Waals surface area contributed by atoms with E-state index in [1.165, 1.54) is 12.8 Å². The van der Waals surface area contributed by atoms with E-state index in [1.807, 2.05) is 0 Å². The zero-order chi connectivity index (χ0) is 18.0. The minimum Gasteiger partial charge on any atom is -0.393 e. The first-order valence-electron chi connectivity index (χ1n) is 10.5. The fourth-order valence-electron chi connectivity index (χ4n) is 7.91. The summed E-state index contributed by atoms with van der Waals surface area (Å²) in [6, 6.07) is 0. The maximum atomic E-state index is 12.5. The Morgan fingerprint density at radius 1 is 1.12 bits per heavy atom. The van der Waals surface area contributed by atoms with E-state index in [0.717, 1.165) is 38.5 Å². The van der Waals surface area contributed by atoms with Crippen LogP contribution in [-0.2, 0) is 9.59 Å². The molecule has 0 aromatic heterocycles. The van der Waals surface area contributed by atoms with Gasteiger partial charge in [-0.2, -0.15) is 0 Å². The number of fused-ring (bicyclic) bond motifs is 5. The molecule has 0 aromatic rings. The Hall–Kier alpha value is -0.700. The molecular formula is C22H34O3. The topological polar surface area (TPSA) is 54.4 Å². The van der Waals surface area contributed by atoms with Crippen LogP contribution in [0, 0.1) is 40.4 Å². The summed E-state index contributed by atoms with van der Waals surface area (Å²) in [6.07, 6.45) is 8.51. The average Bonchev–Trinajstić information content (AvgIpc) is 2.84. The number of hydrogen-bond acceptors (Lipinski definition) is 3. The molecule has 0 heterocycles. The van der Waals surface area contributed by atoms with E-state index < -0.39 is 0 Å². The third-order valence-electron chi connectivity index (χ3n) is 9.20. The van der Waals surface area contributed by atoms with Crippen molar-refractivity contribution < 1.29 is 14.7 Å². The molecule has 4 fully saturated rings. The Balaban J connectivity index is 1.68. The predicted molar refractivity (Wildman–Crippen MR) is 96.9 cm³/mol. The van der Waals surface area contributed by atoms with Crippen molar-refractivity contribution in [3.63, 3.8) is 0 Å². The lowest BCUT2D eigenvalue weighted by Crippen LogP contribution is -2.57. The van der Waals surface area contributed by atoms with E-state index in [-0.39, 0.29) is 22.7 Å². The minimum absolute atomic E-state index is 0.0748. The quantitative estimate of drug-likeness (QED) is 0.816. The van der Waals surface area contributed by atoms with Crippen molar-refractivity contribution in [1.29, 1.82) is 0 Å². The Bertz CT molecular complexity index is 584. The van der Waals surface area contributed by atoms with E-state index >= 15 is 0 Å². The van der Waals surface area contributed by atoms with Crippen LogP contribution in [0.15, 0.2) is 0 Å². The van der Waals surface area contributed by atoms with Crippen LogP contribution in [0.4, 0.5) is 0 Å². The van der Waals surface area contributed by atoms with Gasteiger partial charge < -0.3 is 9.90 Å². The van der Waals surface area contributed by atoms with Crippen LogP contribution in [-0.4, -0.2) is 22.8 Å². The molecular weight excluding hydrogens is 312 g/mol. The predicted octanol–water partition coefficient (Wildman–Crippen LogP) is 4.16. The first kappa shape index (κ1) is 17.7. The summed E-state index contributed by atoms with van der Waals surface area (Å²) in [6.45, 7) is 6.37. The Morgan fingerprint density at radius 3 is 2.60 bits per heavy atom. The molecule has 4 saturated carbocycles. The molecule has 4 aliphatic carbocycles. The van der Waals surface area contributed by atoms with Gasteiger partial charge in [-0.05, 0) is 86.9 Å². The SMILES string of the molecule is CC(=O)CC1C[C@@H](O)C[C@@H]2CC[C@@H]3[C@H](CC[C@]4(C)C(=O)CC[C@@H]34)[C@@]12C. The van der Waals surface area contributed by atoms with Crippen molar-refractivity contribution in [1.82, 2.24) is 0 Å². The lowest BCUT2D eigenvalue weighted by molar-refractivity contribution is -0.161. The van der Waals surface area contributed by atoms with Crippen LogP contribution in [0.5, 0.6) is 0 Å². The molecule has 0 aromatic carbocycles. The standard InChI is InChI=1S/C22H34O3/c1-13(23)10-15-12-16(24)11-14-4-5-17-18-6-7-20(25)21(18,2)9-8-19(17)22(14,15)3/h14-19,24H,4-12H2,1-3H3/t14-,15?,16-,17-,18-,19-,21-,22+/m0/s1. The van der Waals surface area contributed by atoms with Crippen LogP contribution >= 0.6 is 0 Å². The van der Waals surface area contributed by atoms with Gasteiger partial charge in [0, 0.05) is 18.3 Å². The van der Waals surface area contributed by atoms with Gasteiger partial charge in [0.25, 0.3) is 0 Å². The number of carbonyl (C=O) groups is 2. The van der Waals surface area contributed by atoms with E-state index in [2.05, 4.69) is 13.8 Å². The number of hydrogen-bond donors (Lipinski definition) is 1. The third kappa shape index (κ3) is 2.48. The number of aliphatic hydroxyl groups is 1. The molecule has 0 saturated heterocycles.